The van der Waals surface area contributed by atoms with E-state index in [1.807, 2.05) is 24.3 Å². The van der Waals surface area contributed by atoms with Gasteiger partial charge in [0.2, 0.25) is 0 Å². The summed E-state index contributed by atoms with van der Waals surface area (Å²) in [6.07, 6.45) is 1.36. The lowest BCUT2D eigenvalue weighted by Gasteiger charge is -2.03. The molecule has 1 aromatic heterocycles. The van der Waals surface area contributed by atoms with Crippen LogP contribution in [-0.4, -0.2) is 33.0 Å². The van der Waals surface area contributed by atoms with Gasteiger partial charge >= 0.3 is 0 Å². The number of hydrogen-bond donors (Lipinski definition) is 3. The van der Waals surface area contributed by atoms with Crippen LogP contribution < -0.4 is 5.32 Å². The zero-order chi connectivity index (χ0) is 13.5. The molecule has 2 aromatic rings. The van der Waals surface area contributed by atoms with Crippen molar-refractivity contribution in [3.8, 4) is 11.8 Å². The molecule has 1 heterocycles. The van der Waals surface area contributed by atoms with Crippen LogP contribution in [0, 0.1) is 11.8 Å². The molecule has 96 valence electrons. The van der Waals surface area contributed by atoms with Crippen molar-refractivity contribution in [2.45, 2.75) is 6.54 Å². The lowest BCUT2D eigenvalue weighted by atomic mass is 10.1. The third kappa shape index (κ3) is 3.66. The van der Waals surface area contributed by atoms with Crippen LogP contribution in [0.4, 0.5) is 0 Å². The van der Waals surface area contributed by atoms with E-state index in [1.165, 1.54) is 6.20 Å². The van der Waals surface area contributed by atoms with Crippen LogP contribution in [0.5, 0.6) is 0 Å². The second kappa shape index (κ2) is 6.33. The van der Waals surface area contributed by atoms with Crippen LogP contribution in [-0.2, 0) is 6.54 Å². The minimum Gasteiger partial charge on any atom is -0.384 e. The fraction of sp³-hybridized carbons (Fsp3) is 0.154. The fourth-order valence-electron chi connectivity index (χ4n) is 1.48. The molecule has 1 amide bonds. The molecule has 2 rings (SSSR count). The minimum atomic E-state index is -0.291. The molecule has 0 radical (unpaired) electrons. The quantitative estimate of drug-likeness (QED) is 0.678. The van der Waals surface area contributed by atoms with Crippen molar-refractivity contribution in [1.29, 1.82) is 0 Å². The number of aromatic nitrogens is 3. The summed E-state index contributed by atoms with van der Waals surface area (Å²) in [4.78, 5) is 11.6. The SMILES string of the molecule is O=C(NCc1cccc(C#CCO)c1)c1cn[nH]n1. The Morgan fingerprint density at radius 1 is 1.47 bits per heavy atom. The van der Waals surface area contributed by atoms with E-state index in [0.29, 0.717) is 6.54 Å². The van der Waals surface area contributed by atoms with E-state index in [-0.39, 0.29) is 18.2 Å². The predicted octanol–water partition coefficient (Wildman–Crippen LogP) is 0.0785. The average Bonchev–Trinajstić information content (AvgIpc) is 2.97. The maximum absolute atomic E-state index is 11.6. The number of hydrogen-bond acceptors (Lipinski definition) is 4. The lowest BCUT2D eigenvalue weighted by Crippen LogP contribution is -2.23. The molecule has 0 atom stereocenters. The Balaban J connectivity index is 1.98. The van der Waals surface area contributed by atoms with Gasteiger partial charge in [-0.25, -0.2) is 0 Å². The highest BCUT2D eigenvalue weighted by Gasteiger charge is 2.07. The standard InChI is InChI=1S/C13H12N4O2/c18-6-2-5-10-3-1-4-11(7-10)8-14-13(19)12-9-15-17-16-12/h1,3-4,7,9,18H,6,8H2,(H,14,19)(H,15,16,17). The van der Waals surface area contributed by atoms with Crippen LogP contribution in [0.1, 0.15) is 21.6 Å². The molecule has 6 nitrogen and oxygen atoms in total. The molecule has 0 saturated heterocycles. The van der Waals surface area contributed by atoms with Gasteiger partial charge < -0.3 is 10.4 Å². The lowest BCUT2D eigenvalue weighted by molar-refractivity contribution is 0.0946. The smallest absolute Gasteiger partial charge is 0.273 e. The number of carbonyl (C=O) groups excluding carboxylic acids is 1. The summed E-state index contributed by atoms with van der Waals surface area (Å²) in [5.41, 5.74) is 1.96. The van der Waals surface area contributed by atoms with Crippen molar-refractivity contribution < 1.29 is 9.90 Å². The number of rotatable bonds is 3. The molecule has 0 unspecified atom stereocenters. The van der Waals surface area contributed by atoms with Crippen LogP contribution in [0.2, 0.25) is 0 Å². The summed E-state index contributed by atoms with van der Waals surface area (Å²) in [6.45, 7) is 0.202. The molecule has 0 aliphatic rings. The number of carbonyl (C=O) groups is 1. The Morgan fingerprint density at radius 3 is 3.11 bits per heavy atom. The van der Waals surface area contributed by atoms with Crippen molar-refractivity contribution in [2.75, 3.05) is 6.61 Å². The predicted molar refractivity (Wildman–Crippen MR) is 68.0 cm³/mol. The van der Waals surface area contributed by atoms with Gasteiger partial charge in [-0.1, -0.05) is 24.0 Å². The first kappa shape index (κ1) is 12.8. The monoisotopic (exact) mass is 256 g/mol. The first-order valence-corrected chi connectivity index (χ1v) is 5.62. The number of amides is 1. The van der Waals surface area contributed by atoms with Gasteiger partial charge in [-0.05, 0) is 17.7 Å². The van der Waals surface area contributed by atoms with Gasteiger partial charge in [0.1, 0.15) is 6.61 Å². The summed E-state index contributed by atoms with van der Waals surface area (Å²) < 4.78 is 0. The highest BCUT2D eigenvalue weighted by atomic mass is 16.2. The molecule has 1 aromatic carbocycles. The van der Waals surface area contributed by atoms with Gasteiger partial charge in [0.05, 0.1) is 6.20 Å². The summed E-state index contributed by atoms with van der Waals surface area (Å²) >= 11 is 0. The maximum atomic E-state index is 11.6. The highest BCUT2D eigenvalue weighted by molar-refractivity contribution is 5.91. The number of H-pyrrole nitrogens is 1. The van der Waals surface area contributed by atoms with Crippen molar-refractivity contribution in [1.82, 2.24) is 20.7 Å². The summed E-state index contributed by atoms with van der Waals surface area (Å²) in [6, 6.07) is 7.42. The third-order valence-electron chi connectivity index (χ3n) is 2.34. The van der Waals surface area contributed by atoms with Gasteiger partial charge in [-0.3, -0.25) is 4.79 Å². The van der Waals surface area contributed by atoms with Crippen LogP contribution in [0.25, 0.3) is 0 Å². The Kier molecular flexibility index (Phi) is 4.26. The zero-order valence-electron chi connectivity index (χ0n) is 10.1. The van der Waals surface area contributed by atoms with Gasteiger partial charge in [0.25, 0.3) is 5.91 Å². The number of aliphatic hydroxyl groups excluding tert-OH is 1. The number of aromatic amines is 1. The molecular weight excluding hydrogens is 244 g/mol. The first-order valence-electron chi connectivity index (χ1n) is 5.62. The van der Waals surface area contributed by atoms with Crippen LogP contribution >= 0.6 is 0 Å². The van der Waals surface area contributed by atoms with Gasteiger partial charge in [-0.2, -0.15) is 15.4 Å². The van der Waals surface area contributed by atoms with Crippen molar-refractivity contribution in [3.63, 3.8) is 0 Å². The normalized spacial score (nSPS) is 9.53. The largest absolute Gasteiger partial charge is 0.384 e. The summed E-state index contributed by atoms with van der Waals surface area (Å²) in [7, 11) is 0. The second-order valence-corrected chi connectivity index (χ2v) is 3.70. The Morgan fingerprint density at radius 2 is 2.37 bits per heavy atom. The average molecular weight is 256 g/mol. The van der Waals surface area contributed by atoms with E-state index in [0.717, 1.165) is 11.1 Å². The fourth-order valence-corrected chi connectivity index (χ4v) is 1.48. The van der Waals surface area contributed by atoms with E-state index >= 15 is 0 Å². The molecule has 19 heavy (non-hydrogen) atoms. The minimum absolute atomic E-state index is 0.173. The molecule has 3 N–H and O–H groups in total. The van der Waals surface area contributed by atoms with E-state index in [4.69, 9.17) is 5.11 Å². The molecule has 6 heteroatoms. The molecular formula is C13H12N4O2. The number of nitrogens with one attached hydrogen (secondary N) is 2. The van der Waals surface area contributed by atoms with Crippen molar-refractivity contribution in [2.24, 2.45) is 0 Å². The Bertz CT molecular complexity index is 611. The molecule has 0 spiro atoms. The second-order valence-electron chi connectivity index (χ2n) is 3.70. The van der Waals surface area contributed by atoms with E-state index in [9.17, 15) is 4.79 Å². The Labute approximate surface area is 109 Å². The van der Waals surface area contributed by atoms with Crippen LogP contribution in [0.3, 0.4) is 0 Å². The van der Waals surface area contributed by atoms with Gasteiger partial charge in [-0.15, -0.1) is 0 Å². The van der Waals surface area contributed by atoms with E-state index in [2.05, 4.69) is 32.6 Å². The summed E-state index contributed by atoms with van der Waals surface area (Å²) in [5.74, 6) is 5.09. The van der Waals surface area contributed by atoms with Gasteiger partial charge in [0, 0.05) is 12.1 Å². The Hall–Kier alpha value is -2.65. The number of benzene rings is 1. The first-order chi connectivity index (χ1) is 9.29. The molecule has 0 aliphatic heterocycles. The molecule has 0 saturated carbocycles. The van der Waals surface area contributed by atoms with Crippen LogP contribution in [0.15, 0.2) is 30.5 Å². The molecule has 0 fully saturated rings. The highest BCUT2D eigenvalue weighted by Crippen LogP contribution is 2.04. The third-order valence-corrected chi connectivity index (χ3v) is 2.34. The zero-order valence-corrected chi connectivity index (χ0v) is 10.1. The van der Waals surface area contributed by atoms with Gasteiger partial charge in [0.15, 0.2) is 5.69 Å². The molecule has 0 bridgehead atoms. The van der Waals surface area contributed by atoms with E-state index in [1.54, 1.807) is 0 Å². The number of nitrogens with zero attached hydrogens (tertiary/aromatic N) is 2. The van der Waals surface area contributed by atoms with Crippen molar-refractivity contribution >= 4 is 5.91 Å². The topological polar surface area (TPSA) is 90.9 Å². The van der Waals surface area contributed by atoms with Crippen molar-refractivity contribution in [3.05, 3.63) is 47.3 Å². The summed E-state index contributed by atoms with van der Waals surface area (Å²) in [5, 5.41) is 21.0. The molecule has 0 aliphatic carbocycles. The maximum Gasteiger partial charge on any atom is 0.273 e. The number of aliphatic hydroxyl groups is 1. The van der Waals surface area contributed by atoms with E-state index < -0.39 is 0 Å².